The van der Waals surface area contributed by atoms with Crippen LogP contribution in [-0.4, -0.2) is 35.5 Å². The molecule has 6 nitrogen and oxygen atoms in total. The largest absolute Gasteiger partial charge is 0.496 e. The van der Waals surface area contributed by atoms with Gasteiger partial charge in [0.25, 0.3) is 0 Å². The molecule has 3 heterocycles. The van der Waals surface area contributed by atoms with Crippen LogP contribution >= 0.6 is 15.9 Å². The van der Waals surface area contributed by atoms with Gasteiger partial charge in [-0.1, -0.05) is 72.8 Å². The lowest BCUT2D eigenvalue weighted by Crippen LogP contribution is -2.49. The first-order valence-corrected chi connectivity index (χ1v) is 14.2. The number of anilines is 1. The van der Waals surface area contributed by atoms with Crippen LogP contribution in [0.3, 0.4) is 0 Å². The van der Waals surface area contributed by atoms with Crippen molar-refractivity contribution in [2.75, 3.05) is 12.4 Å². The van der Waals surface area contributed by atoms with Crippen molar-refractivity contribution in [2.45, 2.75) is 17.5 Å². The fourth-order valence-corrected chi connectivity index (χ4v) is 7.48. The number of hydrogen-bond donors (Lipinski definition) is 1. The maximum atomic E-state index is 14.7. The van der Waals surface area contributed by atoms with Crippen molar-refractivity contribution in [3.8, 4) is 5.75 Å². The summed E-state index contributed by atoms with van der Waals surface area (Å²) in [5.74, 6) is -1.19. The van der Waals surface area contributed by atoms with E-state index in [2.05, 4.69) is 21.2 Å². The lowest BCUT2D eigenvalue weighted by molar-refractivity contribution is -0.122. The van der Waals surface area contributed by atoms with Crippen LogP contribution in [0.4, 0.5) is 5.69 Å². The summed E-state index contributed by atoms with van der Waals surface area (Å²) in [6.45, 7) is 0. The van der Waals surface area contributed by atoms with Gasteiger partial charge in [-0.2, -0.15) is 0 Å². The Hall–Kier alpha value is -4.49. The number of para-hydroxylation sites is 1. The molecule has 3 aliphatic rings. The number of carbonyl (C=O) groups is 3. The van der Waals surface area contributed by atoms with E-state index in [1.165, 1.54) is 0 Å². The second-order valence-electron chi connectivity index (χ2n) is 10.5. The Bertz CT molecular complexity index is 1770. The Labute approximate surface area is 245 Å². The summed E-state index contributed by atoms with van der Waals surface area (Å²) in [7, 11) is 1.56. The number of rotatable bonds is 5. The number of methoxy groups -OCH3 is 1. The first-order chi connectivity index (χ1) is 20.0. The van der Waals surface area contributed by atoms with E-state index in [-0.39, 0.29) is 17.5 Å². The molecule has 41 heavy (non-hydrogen) atoms. The lowest BCUT2D eigenvalue weighted by atomic mass is 9.62. The molecule has 4 aromatic carbocycles. The number of nitrogens with zero attached hydrogens (tertiary/aromatic N) is 1. The number of nitrogens with one attached hydrogen (secondary N) is 1. The van der Waals surface area contributed by atoms with Crippen LogP contribution < -0.4 is 10.1 Å². The maximum absolute atomic E-state index is 14.7. The summed E-state index contributed by atoms with van der Waals surface area (Å²) in [6, 6.07) is 28.0. The third-order valence-corrected chi connectivity index (χ3v) is 9.24. The summed E-state index contributed by atoms with van der Waals surface area (Å²) in [6.07, 6.45) is 3.83. The van der Waals surface area contributed by atoms with Crippen LogP contribution in [-0.2, 0) is 10.2 Å². The minimum Gasteiger partial charge on any atom is -0.496 e. The van der Waals surface area contributed by atoms with E-state index >= 15 is 0 Å². The average molecular weight is 605 g/mol. The third-order valence-electron chi connectivity index (χ3n) is 8.62. The number of Topliss-reactive ketones (excluding diaryl/α,β-unsaturated/α-hetero) is 2. The summed E-state index contributed by atoms with van der Waals surface area (Å²) in [4.78, 5) is 45.8. The SMILES string of the molecule is COc1ccc(C(=O)[C@H]2[C@@H](C(=O)c3ccccc3)[C@]3(C(=O)Nc4ccccc43)[C@H]3c4ccccc4C=CN23)cc1Br. The molecule has 0 aromatic heterocycles. The van der Waals surface area contributed by atoms with Crippen molar-refractivity contribution in [1.82, 2.24) is 4.90 Å². The van der Waals surface area contributed by atoms with Crippen molar-refractivity contribution >= 4 is 45.2 Å². The van der Waals surface area contributed by atoms with Crippen molar-refractivity contribution in [2.24, 2.45) is 5.92 Å². The van der Waals surface area contributed by atoms with E-state index in [0.717, 1.165) is 16.7 Å². The molecule has 0 saturated carbocycles. The fourth-order valence-electron chi connectivity index (χ4n) is 6.94. The maximum Gasteiger partial charge on any atom is 0.238 e. The van der Waals surface area contributed by atoms with Crippen LogP contribution in [0.15, 0.2) is 108 Å². The molecule has 1 amide bonds. The standard InChI is InChI=1S/C34H25BrN2O4/c1-41-27-16-15-22(19-25(27)35)31(39)29-28(30(38)21-10-3-2-4-11-21)34(24-13-7-8-14-26(24)36-33(34)40)32-23-12-6-5-9-20(23)17-18-37(29)32/h2-19,28-29,32H,1H3,(H,36,40)/t28-,29+,32+,34-/m0/s1. The molecular weight excluding hydrogens is 580 g/mol. The molecule has 4 atom stereocenters. The van der Waals surface area contributed by atoms with E-state index in [1.54, 1.807) is 49.6 Å². The molecule has 0 aliphatic carbocycles. The summed E-state index contributed by atoms with van der Waals surface area (Å²) >= 11 is 3.51. The van der Waals surface area contributed by atoms with E-state index in [4.69, 9.17) is 4.74 Å². The van der Waals surface area contributed by atoms with Gasteiger partial charge in [0, 0.05) is 23.0 Å². The highest BCUT2D eigenvalue weighted by Gasteiger charge is 2.70. The van der Waals surface area contributed by atoms with Gasteiger partial charge in [0.05, 0.1) is 23.5 Å². The van der Waals surface area contributed by atoms with Gasteiger partial charge < -0.3 is 15.0 Å². The van der Waals surface area contributed by atoms with Crippen LogP contribution in [0.1, 0.15) is 43.4 Å². The summed E-state index contributed by atoms with van der Waals surface area (Å²) in [5.41, 5.74) is 2.77. The summed E-state index contributed by atoms with van der Waals surface area (Å²) in [5, 5.41) is 3.08. The number of hydrogen-bond acceptors (Lipinski definition) is 5. The van der Waals surface area contributed by atoms with Gasteiger partial charge in [-0.25, -0.2) is 0 Å². The average Bonchev–Trinajstić information content (AvgIpc) is 3.49. The molecule has 1 fully saturated rings. The van der Waals surface area contributed by atoms with E-state index < -0.39 is 23.4 Å². The molecule has 4 aromatic rings. The molecule has 202 valence electrons. The molecule has 0 unspecified atom stereocenters. The second-order valence-corrected chi connectivity index (χ2v) is 11.4. The third kappa shape index (κ3) is 3.58. The molecule has 1 saturated heterocycles. The number of ketones is 2. The molecule has 3 aliphatic heterocycles. The fraction of sp³-hybridized carbons (Fsp3) is 0.147. The van der Waals surface area contributed by atoms with Crippen LogP contribution in [0.5, 0.6) is 5.75 Å². The van der Waals surface area contributed by atoms with Gasteiger partial charge in [0.1, 0.15) is 17.2 Å². The Kier molecular flexibility index (Phi) is 5.94. The zero-order valence-electron chi connectivity index (χ0n) is 22.1. The van der Waals surface area contributed by atoms with Crippen LogP contribution in [0, 0.1) is 5.92 Å². The summed E-state index contributed by atoms with van der Waals surface area (Å²) < 4.78 is 6.02. The smallest absolute Gasteiger partial charge is 0.238 e. The number of carbonyl (C=O) groups excluding carboxylic acids is 3. The van der Waals surface area contributed by atoms with Gasteiger partial charge in [0.15, 0.2) is 11.6 Å². The molecule has 0 bridgehead atoms. The Morgan fingerprint density at radius 2 is 1.61 bits per heavy atom. The van der Waals surface area contributed by atoms with E-state index in [9.17, 15) is 14.4 Å². The van der Waals surface area contributed by atoms with Crippen LogP contribution in [0.2, 0.25) is 0 Å². The number of ether oxygens (including phenoxy) is 1. The second kappa shape index (κ2) is 9.56. The van der Waals surface area contributed by atoms with Crippen molar-refractivity contribution in [3.05, 3.63) is 136 Å². The zero-order chi connectivity index (χ0) is 28.3. The molecule has 1 spiro atoms. The molecular formula is C34H25BrN2O4. The lowest BCUT2D eigenvalue weighted by Gasteiger charge is -2.38. The van der Waals surface area contributed by atoms with Gasteiger partial charge in [-0.3, -0.25) is 14.4 Å². The minimum atomic E-state index is -1.35. The van der Waals surface area contributed by atoms with Crippen molar-refractivity contribution < 1.29 is 19.1 Å². The molecule has 7 heteroatoms. The van der Waals surface area contributed by atoms with E-state index in [0.29, 0.717) is 27.0 Å². The molecule has 0 radical (unpaired) electrons. The first kappa shape index (κ1) is 25.5. The predicted octanol–water partition coefficient (Wildman–Crippen LogP) is 6.44. The highest BCUT2D eigenvalue weighted by molar-refractivity contribution is 9.10. The normalized spacial score (nSPS) is 23.5. The zero-order valence-corrected chi connectivity index (χ0v) is 23.7. The number of benzene rings is 4. The van der Waals surface area contributed by atoms with Gasteiger partial charge >= 0.3 is 0 Å². The van der Waals surface area contributed by atoms with Gasteiger partial charge in [0.2, 0.25) is 5.91 Å². The van der Waals surface area contributed by atoms with E-state index in [1.807, 2.05) is 71.8 Å². The van der Waals surface area contributed by atoms with Gasteiger partial charge in [-0.15, -0.1) is 0 Å². The Morgan fingerprint density at radius 1 is 0.878 bits per heavy atom. The Morgan fingerprint density at radius 3 is 2.39 bits per heavy atom. The number of amides is 1. The molecule has 7 rings (SSSR count). The van der Waals surface area contributed by atoms with Crippen molar-refractivity contribution in [1.29, 1.82) is 0 Å². The van der Waals surface area contributed by atoms with Crippen LogP contribution in [0.25, 0.3) is 6.08 Å². The van der Waals surface area contributed by atoms with Gasteiger partial charge in [-0.05, 0) is 63.0 Å². The predicted molar refractivity (Wildman–Crippen MR) is 160 cm³/mol. The number of fused-ring (bicyclic) bond motifs is 6. The minimum absolute atomic E-state index is 0.245. The highest BCUT2D eigenvalue weighted by atomic mass is 79.9. The first-order valence-electron chi connectivity index (χ1n) is 13.4. The van der Waals surface area contributed by atoms with Crippen molar-refractivity contribution in [3.63, 3.8) is 0 Å². The Balaban J connectivity index is 1.52. The topological polar surface area (TPSA) is 75.7 Å². The molecule has 1 N–H and O–H groups in total. The number of halogens is 1. The monoisotopic (exact) mass is 604 g/mol. The highest BCUT2D eigenvalue weighted by Crippen LogP contribution is 2.62. The quantitative estimate of drug-likeness (QED) is 0.265.